The monoisotopic (exact) mass is 221 g/mol. The molecule has 0 aliphatic carbocycles. The number of hydrogen-bond donors (Lipinski definition) is 0. The van der Waals surface area contributed by atoms with Gasteiger partial charge in [-0.3, -0.25) is 0 Å². The summed E-state index contributed by atoms with van der Waals surface area (Å²) in [5.74, 6) is 1.30. The number of benzene rings is 1. The largest absolute Gasteiger partial charge is 0.369 e. The zero-order valence-corrected chi connectivity index (χ0v) is 10.1. The molecule has 1 heterocycles. The van der Waals surface area contributed by atoms with Crippen LogP contribution in [-0.4, -0.2) is 13.1 Å². The lowest BCUT2D eigenvalue weighted by Crippen LogP contribution is -2.37. The highest BCUT2D eigenvalue weighted by atomic mass is 19.1. The summed E-state index contributed by atoms with van der Waals surface area (Å²) in [7, 11) is 0. The molecule has 1 aliphatic rings. The van der Waals surface area contributed by atoms with Crippen molar-refractivity contribution in [3.8, 4) is 0 Å². The fraction of sp³-hybridized carbons (Fsp3) is 0.571. The van der Waals surface area contributed by atoms with Crippen LogP contribution in [0.3, 0.4) is 0 Å². The van der Waals surface area contributed by atoms with E-state index in [0.29, 0.717) is 11.8 Å². The molecule has 2 rings (SSSR count). The van der Waals surface area contributed by atoms with Crippen molar-refractivity contribution in [2.45, 2.75) is 26.7 Å². The minimum Gasteiger partial charge on any atom is -0.369 e. The van der Waals surface area contributed by atoms with Crippen molar-refractivity contribution in [1.29, 1.82) is 0 Å². The fourth-order valence-electron chi connectivity index (χ4n) is 2.48. The molecule has 1 aromatic carbocycles. The summed E-state index contributed by atoms with van der Waals surface area (Å²) in [5.41, 5.74) is 0.771. The second-order valence-corrected chi connectivity index (χ2v) is 5.04. The van der Waals surface area contributed by atoms with E-state index in [4.69, 9.17) is 0 Å². The molecule has 1 fully saturated rings. The molecule has 1 nitrogen and oxygen atoms in total. The maximum atomic E-state index is 13.7. The van der Waals surface area contributed by atoms with Gasteiger partial charge in [-0.15, -0.1) is 0 Å². The van der Waals surface area contributed by atoms with E-state index < -0.39 is 0 Å². The third-order valence-corrected chi connectivity index (χ3v) is 3.59. The molecule has 88 valence electrons. The minimum atomic E-state index is -0.0908. The van der Waals surface area contributed by atoms with Gasteiger partial charge in [-0.05, 0) is 36.8 Å². The van der Waals surface area contributed by atoms with Gasteiger partial charge in [-0.1, -0.05) is 26.0 Å². The molecule has 0 saturated carbocycles. The highest BCUT2D eigenvalue weighted by Crippen LogP contribution is 2.28. The zero-order chi connectivity index (χ0) is 11.5. The second kappa shape index (κ2) is 4.86. The predicted molar refractivity (Wildman–Crippen MR) is 66.2 cm³/mol. The zero-order valence-electron chi connectivity index (χ0n) is 10.1. The van der Waals surface area contributed by atoms with Crippen LogP contribution in [-0.2, 0) is 0 Å². The molecule has 1 atom stereocenters. The van der Waals surface area contributed by atoms with Crippen LogP contribution in [0.4, 0.5) is 10.1 Å². The lowest BCUT2D eigenvalue weighted by Gasteiger charge is -2.36. The standard InChI is InChI=1S/C14H20FN/c1-11(2)12-6-5-9-16(10-12)14-8-4-3-7-13(14)15/h3-4,7-8,11-12H,5-6,9-10H2,1-2H3. The first-order chi connectivity index (χ1) is 7.68. The van der Waals surface area contributed by atoms with Gasteiger partial charge in [0.15, 0.2) is 0 Å². The third kappa shape index (κ3) is 2.37. The molecule has 1 saturated heterocycles. The molecule has 1 unspecified atom stereocenters. The van der Waals surface area contributed by atoms with Gasteiger partial charge >= 0.3 is 0 Å². The van der Waals surface area contributed by atoms with Gasteiger partial charge in [-0.25, -0.2) is 4.39 Å². The maximum absolute atomic E-state index is 13.7. The van der Waals surface area contributed by atoms with Gasteiger partial charge in [0.1, 0.15) is 5.82 Å². The normalized spacial score (nSPS) is 21.5. The van der Waals surface area contributed by atoms with Crippen molar-refractivity contribution in [2.24, 2.45) is 11.8 Å². The van der Waals surface area contributed by atoms with Gasteiger partial charge in [0, 0.05) is 13.1 Å². The molecule has 1 aromatic rings. The van der Waals surface area contributed by atoms with Gasteiger partial charge in [0.2, 0.25) is 0 Å². The summed E-state index contributed by atoms with van der Waals surface area (Å²) in [4.78, 5) is 2.20. The first kappa shape index (κ1) is 11.4. The van der Waals surface area contributed by atoms with Crippen molar-refractivity contribution in [2.75, 3.05) is 18.0 Å². The van der Waals surface area contributed by atoms with E-state index in [-0.39, 0.29) is 5.82 Å². The Bertz CT molecular complexity index is 348. The highest BCUT2D eigenvalue weighted by Gasteiger charge is 2.23. The smallest absolute Gasteiger partial charge is 0.146 e. The lowest BCUT2D eigenvalue weighted by atomic mass is 9.87. The molecule has 0 radical (unpaired) electrons. The first-order valence-corrected chi connectivity index (χ1v) is 6.18. The van der Waals surface area contributed by atoms with Gasteiger partial charge < -0.3 is 4.90 Å². The Kier molecular flexibility index (Phi) is 3.47. The number of piperidine rings is 1. The van der Waals surface area contributed by atoms with Crippen molar-refractivity contribution in [1.82, 2.24) is 0 Å². The van der Waals surface area contributed by atoms with Gasteiger partial charge in [0.25, 0.3) is 0 Å². The van der Waals surface area contributed by atoms with Crippen LogP contribution in [0.15, 0.2) is 24.3 Å². The van der Waals surface area contributed by atoms with E-state index in [1.165, 1.54) is 12.8 Å². The first-order valence-electron chi connectivity index (χ1n) is 6.18. The Balaban J connectivity index is 2.13. The van der Waals surface area contributed by atoms with Gasteiger partial charge in [0.05, 0.1) is 5.69 Å². The lowest BCUT2D eigenvalue weighted by molar-refractivity contribution is 0.320. The van der Waals surface area contributed by atoms with Crippen molar-refractivity contribution < 1.29 is 4.39 Å². The number of halogens is 1. The van der Waals surface area contributed by atoms with Crippen LogP contribution in [0.5, 0.6) is 0 Å². The Hall–Kier alpha value is -1.05. The molecular weight excluding hydrogens is 201 g/mol. The number of para-hydroxylation sites is 1. The van der Waals surface area contributed by atoms with E-state index >= 15 is 0 Å². The molecule has 0 N–H and O–H groups in total. The Morgan fingerprint density at radius 2 is 2.06 bits per heavy atom. The number of anilines is 1. The maximum Gasteiger partial charge on any atom is 0.146 e. The molecule has 0 aromatic heterocycles. The second-order valence-electron chi connectivity index (χ2n) is 5.04. The molecule has 0 spiro atoms. The summed E-state index contributed by atoms with van der Waals surface area (Å²) < 4.78 is 13.7. The molecule has 0 bridgehead atoms. The summed E-state index contributed by atoms with van der Waals surface area (Å²) in [6.07, 6.45) is 2.46. The van der Waals surface area contributed by atoms with E-state index in [1.54, 1.807) is 12.1 Å². The minimum absolute atomic E-state index is 0.0908. The van der Waals surface area contributed by atoms with Crippen LogP contribution in [0, 0.1) is 17.7 Å². The molecule has 2 heteroatoms. The number of nitrogens with zero attached hydrogens (tertiary/aromatic N) is 1. The number of rotatable bonds is 2. The fourth-order valence-corrected chi connectivity index (χ4v) is 2.48. The molecule has 16 heavy (non-hydrogen) atoms. The Morgan fingerprint density at radius 1 is 1.31 bits per heavy atom. The third-order valence-electron chi connectivity index (χ3n) is 3.59. The van der Waals surface area contributed by atoms with E-state index in [0.717, 1.165) is 18.8 Å². The van der Waals surface area contributed by atoms with Crippen LogP contribution >= 0.6 is 0 Å². The van der Waals surface area contributed by atoms with E-state index in [9.17, 15) is 4.39 Å². The quantitative estimate of drug-likeness (QED) is 0.736. The van der Waals surface area contributed by atoms with Crippen LogP contribution in [0.25, 0.3) is 0 Å². The van der Waals surface area contributed by atoms with Crippen LogP contribution in [0.1, 0.15) is 26.7 Å². The number of hydrogen-bond acceptors (Lipinski definition) is 1. The van der Waals surface area contributed by atoms with Crippen molar-refractivity contribution >= 4 is 5.69 Å². The summed E-state index contributed by atoms with van der Waals surface area (Å²) in [6, 6.07) is 7.10. The predicted octanol–water partition coefficient (Wildman–Crippen LogP) is 3.70. The van der Waals surface area contributed by atoms with Crippen molar-refractivity contribution in [3.05, 3.63) is 30.1 Å². The topological polar surface area (TPSA) is 3.24 Å². The molecular formula is C14H20FN. The van der Waals surface area contributed by atoms with E-state index in [2.05, 4.69) is 18.7 Å². The average molecular weight is 221 g/mol. The van der Waals surface area contributed by atoms with Crippen molar-refractivity contribution in [3.63, 3.8) is 0 Å². The Morgan fingerprint density at radius 3 is 2.75 bits per heavy atom. The molecule has 0 amide bonds. The van der Waals surface area contributed by atoms with Gasteiger partial charge in [-0.2, -0.15) is 0 Å². The summed E-state index contributed by atoms with van der Waals surface area (Å²) in [6.45, 7) is 6.51. The highest BCUT2D eigenvalue weighted by molar-refractivity contribution is 5.47. The molecule has 1 aliphatic heterocycles. The Labute approximate surface area is 97.3 Å². The summed E-state index contributed by atoms with van der Waals surface area (Å²) in [5, 5.41) is 0. The average Bonchev–Trinajstić information content (AvgIpc) is 2.30. The van der Waals surface area contributed by atoms with Crippen LogP contribution < -0.4 is 4.90 Å². The summed E-state index contributed by atoms with van der Waals surface area (Å²) >= 11 is 0. The van der Waals surface area contributed by atoms with E-state index in [1.807, 2.05) is 12.1 Å². The van der Waals surface area contributed by atoms with Crippen LogP contribution in [0.2, 0.25) is 0 Å². The SMILES string of the molecule is CC(C)C1CCCN(c2ccccc2F)C1.